The van der Waals surface area contributed by atoms with Crippen LogP contribution in [0.5, 0.6) is 0 Å². The molecule has 0 atom stereocenters. The average Bonchev–Trinajstić information content (AvgIpc) is 3.20. The van der Waals surface area contributed by atoms with Crippen molar-refractivity contribution < 1.29 is 13.9 Å². The molecule has 138 valence electrons. The second kappa shape index (κ2) is 7.77. The van der Waals surface area contributed by atoms with Gasteiger partial charge in [-0.2, -0.15) is 0 Å². The molecular weight excluding hydrogens is 368 g/mol. The molecule has 0 saturated carbocycles. The van der Waals surface area contributed by atoms with E-state index in [-0.39, 0.29) is 11.8 Å². The maximum absolute atomic E-state index is 12.6. The van der Waals surface area contributed by atoms with Gasteiger partial charge in [-0.05, 0) is 36.4 Å². The first kappa shape index (κ1) is 17.5. The third-order valence-corrected chi connectivity index (χ3v) is 4.47. The lowest BCUT2D eigenvalue weighted by Gasteiger charge is -2.30. The summed E-state index contributed by atoms with van der Waals surface area (Å²) >= 11 is 5.88. The number of carbonyl (C=O) groups is 1. The summed E-state index contributed by atoms with van der Waals surface area (Å²) in [6.45, 7) is 2.87. The molecule has 8 heteroatoms. The van der Waals surface area contributed by atoms with E-state index >= 15 is 0 Å². The number of amides is 1. The smallest absolute Gasteiger partial charge is 0.313 e. The highest BCUT2D eigenvalue weighted by Crippen LogP contribution is 2.27. The molecule has 0 aliphatic carbocycles. The van der Waals surface area contributed by atoms with Gasteiger partial charge in [-0.15, -0.1) is 10.2 Å². The van der Waals surface area contributed by atoms with Gasteiger partial charge in [0.15, 0.2) is 0 Å². The van der Waals surface area contributed by atoms with Gasteiger partial charge in [0.1, 0.15) is 0 Å². The van der Waals surface area contributed by atoms with E-state index in [0.29, 0.717) is 29.5 Å². The van der Waals surface area contributed by atoms with Crippen LogP contribution >= 0.6 is 11.6 Å². The number of anilines is 2. The van der Waals surface area contributed by atoms with E-state index in [2.05, 4.69) is 20.4 Å². The highest BCUT2D eigenvalue weighted by atomic mass is 35.5. The second-order valence-corrected chi connectivity index (χ2v) is 6.43. The zero-order valence-electron chi connectivity index (χ0n) is 14.4. The van der Waals surface area contributed by atoms with Gasteiger partial charge in [0.25, 0.3) is 0 Å². The van der Waals surface area contributed by atoms with E-state index in [4.69, 9.17) is 20.8 Å². The van der Waals surface area contributed by atoms with Crippen LogP contribution in [0.15, 0.2) is 52.9 Å². The lowest BCUT2D eigenvalue weighted by atomic mass is 10.2. The van der Waals surface area contributed by atoms with Crippen molar-refractivity contribution in [3.63, 3.8) is 0 Å². The number of benzene rings is 2. The number of nitrogens with one attached hydrogen (secondary N) is 1. The Morgan fingerprint density at radius 1 is 1.04 bits per heavy atom. The maximum Gasteiger partial charge on any atom is 0.313 e. The summed E-state index contributed by atoms with van der Waals surface area (Å²) < 4.78 is 10.9. The second-order valence-electron chi connectivity index (χ2n) is 5.99. The molecule has 1 saturated heterocycles. The van der Waals surface area contributed by atoms with Crippen molar-refractivity contribution in [1.29, 1.82) is 0 Å². The summed E-state index contributed by atoms with van der Waals surface area (Å²) in [4.78, 5) is 14.7. The highest BCUT2D eigenvalue weighted by Gasteiger charge is 2.20. The fraction of sp³-hybridized carbons (Fsp3) is 0.211. The molecule has 0 spiro atoms. The minimum absolute atomic E-state index is 0.100. The van der Waals surface area contributed by atoms with Crippen molar-refractivity contribution >= 4 is 28.9 Å². The Kier molecular flexibility index (Phi) is 5.04. The maximum atomic E-state index is 12.6. The van der Waals surface area contributed by atoms with Gasteiger partial charge in [0.05, 0.1) is 24.6 Å². The van der Waals surface area contributed by atoms with Crippen LogP contribution in [0.1, 0.15) is 10.7 Å². The number of ether oxygens (including phenoxy) is 1. The first-order valence-electron chi connectivity index (χ1n) is 8.53. The Bertz CT molecular complexity index is 936. The topological polar surface area (TPSA) is 80.5 Å². The third kappa shape index (κ3) is 3.94. The highest BCUT2D eigenvalue weighted by molar-refractivity contribution is 6.30. The first-order chi connectivity index (χ1) is 13.2. The van der Waals surface area contributed by atoms with Crippen LogP contribution in [0.4, 0.5) is 11.4 Å². The monoisotopic (exact) mass is 384 g/mol. The van der Waals surface area contributed by atoms with Gasteiger partial charge in [0, 0.05) is 23.7 Å². The lowest BCUT2D eigenvalue weighted by molar-refractivity contribution is 0.0991. The van der Waals surface area contributed by atoms with Crippen molar-refractivity contribution in [3.8, 4) is 11.5 Å². The van der Waals surface area contributed by atoms with E-state index in [0.717, 1.165) is 18.8 Å². The molecule has 0 radical (unpaired) electrons. The molecule has 1 aliphatic heterocycles. The molecule has 1 aliphatic rings. The van der Waals surface area contributed by atoms with Gasteiger partial charge < -0.3 is 19.4 Å². The van der Waals surface area contributed by atoms with Gasteiger partial charge in [-0.3, -0.25) is 4.79 Å². The Morgan fingerprint density at radius 3 is 2.56 bits per heavy atom. The normalized spacial score (nSPS) is 14.2. The van der Waals surface area contributed by atoms with Crippen LogP contribution in [0.3, 0.4) is 0 Å². The Balaban J connectivity index is 1.52. The number of nitrogens with zero attached hydrogens (tertiary/aromatic N) is 3. The zero-order valence-corrected chi connectivity index (χ0v) is 15.1. The molecule has 2 heterocycles. The molecule has 1 aromatic heterocycles. The predicted octanol–water partition coefficient (Wildman–Crippen LogP) is 3.48. The summed E-state index contributed by atoms with van der Waals surface area (Å²) in [7, 11) is 0. The van der Waals surface area contributed by atoms with Crippen LogP contribution in [0.25, 0.3) is 11.5 Å². The molecular formula is C19H17ClN4O3. The fourth-order valence-corrected chi connectivity index (χ4v) is 2.99. The van der Waals surface area contributed by atoms with Crippen molar-refractivity contribution in [3.05, 3.63) is 59.4 Å². The van der Waals surface area contributed by atoms with Gasteiger partial charge in [0.2, 0.25) is 5.89 Å². The van der Waals surface area contributed by atoms with E-state index in [1.165, 1.54) is 0 Å². The standard InChI is InChI=1S/C19H17ClN4O3/c20-14-7-5-13(6-8-14)18-22-23-19(27-18)17(25)21-15-3-1-2-4-16(15)24-9-11-26-12-10-24/h1-8H,9-12H2,(H,21,25). The molecule has 7 nitrogen and oxygen atoms in total. The average molecular weight is 385 g/mol. The SMILES string of the molecule is O=C(Nc1ccccc1N1CCOCC1)c1nnc(-c2ccc(Cl)cc2)o1. The van der Waals surface area contributed by atoms with Gasteiger partial charge >= 0.3 is 11.8 Å². The molecule has 3 aromatic rings. The summed E-state index contributed by atoms with van der Waals surface area (Å²) in [6.07, 6.45) is 0. The van der Waals surface area contributed by atoms with E-state index in [9.17, 15) is 4.79 Å². The zero-order chi connectivity index (χ0) is 18.6. The number of rotatable bonds is 4. The van der Waals surface area contributed by atoms with Crippen LogP contribution < -0.4 is 10.2 Å². The largest absolute Gasteiger partial charge is 0.412 e. The number of morpholine rings is 1. The summed E-state index contributed by atoms with van der Waals surface area (Å²) in [5, 5.41) is 11.3. The van der Waals surface area contributed by atoms with Crippen molar-refractivity contribution in [2.75, 3.05) is 36.5 Å². The molecule has 0 unspecified atom stereocenters. The Labute approximate surface area is 160 Å². The molecule has 2 aromatic carbocycles. The van der Waals surface area contributed by atoms with Crippen molar-refractivity contribution in [2.24, 2.45) is 0 Å². The number of hydrogen-bond donors (Lipinski definition) is 1. The molecule has 1 N–H and O–H groups in total. The molecule has 1 amide bonds. The molecule has 0 bridgehead atoms. The molecule has 4 rings (SSSR count). The Hall–Kier alpha value is -2.90. The minimum Gasteiger partial charge on any atom is -0.412 e. The van der Waals surface area contributed by atoms with E-state index in [1.807, 2.05) is 24.3 Å². The summed E-state index contributed by atoms with van der Waals surface area (Å²) in [6, 6.07) is 14.6. The van der Waals surface area contributed by atoms with Crippen LogP contribution in [0, 0.1) is 0 Å². The van der Waals surface area contributed by atoms with E-state index in [1.54, 1.807) is 24.3 Å². The molecule has 1 fully saturated rings. The van der Waals surface area contributed by atoms with Crippen molar-refractivity contribution in [2.45, 2.75) is 0 Å². The van der Waals surface area contributed by atoms with Gasteiger partial charge in [-0.25, -0.2) is 0 Å². The number of hydrogen-bond acceptors (Lipinski definition) is 6. The minimum atomic E-state index is -0.455. The van der Waals surface area contributed by atoms with Crippen molar-refractivity contribution in [1.82, 2.24) is 10.2 Å². The number of carbonyl (C=O) groups excluding carboxylic acids is 1. The number of aromatic nitrogens is 2. The molecule has 27 heavy (non-hydrogen) atoms. The first-order valence-corrected chi connectivity index (χ1v) is 8.91. The predicted molar refractivity (Wildman–Crippen MR) is 102 cm³/mol. The van der Waals surface area contributed by atoms with Gasteiger partial charge in [-0.1, -0.05) is 23.7 Å². The third-order valence-electron chi connectivity index (χ3n) is 4.21. The fourth-order valence-electron chi connectivity index (χ4n) is 2.86. The van der Waals surface area contributed by atoms with Crippen LogP contribution in [0.2, 0.25) is 5.02 Å². The van der Waals surface area contributed by atoms with Crippen LogP contribution in [-0.4, -0.2) is 42.4 Å². The quantitative estimate of drug-likeness (QED) is 0.741. The summed E-state index contributed by atoms with van der Waals surface area (Å²) in [5.74, 6) is -0.293. The lowest BCUT2D eigenvalue weighted by Crippen LogP contribution is -2.36. The Morgan fingerprint density at radius 2 is 1.78 bits per heavy atom. The van der Waals surface area contributed by atoms with Crippen LogP contribution in [-0.2, 0) is 4.74 Å². The summed E-state index contributed by atoms with van der Waals surface area (Å²) in [5.41, 5.74) is 2.32. The van der Waals surface area contributed by atoms with E-state index < -0.39 is 5.91 Å². The number of para-hydroxylation sites is 2. The number of halogens is 1.